The zero-order chi connectivity index (χ0) is 20.1. The maximum Gasteiger partial charge on any atom is 0.260 e. The predicted octanol–water partition coefficient (Wildman–Crippen LogP) is 3.70. The Hall–Kier alpha value is -2.82. The van der Waals surface area contributed by atoms with Crippen LogP contribution in [0.5, 0.6) is 5.75 Å². The van der Waals surface area contributed by atoms with Gasteiger partial charge in [-0.2, -0.15) is 0 Å². The first-order chi connectivity index (χ1) is 12.7. The molecule has 0 unspecified atom stereocenters. The van der Waals surface area contributed by atoms with Crippen LogP contribution in [0.3, 0.4) is 0 Å². The fraction of sp³-hybridized carbons (Fsp3) is 0.364. The van der Waals surface area contributed by atoms with Crippen LogP contribution in [-0.4, -0.2) is 36.9 Å². The molecule has 0 radical (unpaired) electrons. The van der Waals surface area contributed by atoms with E-state index in [-0.39, 0.29) is 25.0 Å². The number of ether oxygens (including phenoxy) is 1. The molecule has 27 heavy (non-hydrogen) atoms. The highest BCUT2D eigenvalue weighted by Gasteiger charge is 2.16. The Labute approximate surface area is 161 Å². The third-order valence-corrected chi connectivity index (χ3v) is 4.65. The molecule has 0 saturated heterocycles. The number of anilines is 1. The lowest BCUT2D eigenvalue weighted by atomic mass is 10.1. The molecule has 144 valence electrons. The van der Waals surface area contributed by atoms with Gasteiger partial charge in [0, 0.05) is 12.7 Å². The van der Waals surface area contributed by atoms with Crippen LogP contribution in [0.1, 0.15) is 27.8 Å². The van der Waals surface area contributed by atoms with E-state index >= 15 is 0 Å². The normalized spacial score (nSPS) is 10.4. The van der Waals surface area contributed by atoms with Crippen molar-refractivity contribution in [1.82, 2.24) is 4.90 Å². The van der Waals surface area contributed by atoms with Crippen LogP contribution in [0.15, 0.2) is 30.3 Å². The number of carbonyl (C=O) groups is 2. The highest BCUT2D eigenvalue weighted by Crippen LogP contribution is 2.22. The van der Waals surface area contributed by atoms with E-state index in [0.717, 1.165) is 33.5 Å². The monoisotopic (exact) mass is 368 g/mol. The Morgan fingerprint density at radius 2 is 1.63 bits per heavy atom. The van der Waals surface area contributed by atoms with Crippen molar-refractivity contribution in [2.45, 2.75) is 34.6 Å². The minimum absolute atomic E-state index is 0.0260. The van der Waals surface area contributed by atoms with Gasteiger partial charge in [0.1, 0.15) is 5.75 Å². The summed E-state index contributed by atoms with van der Waals surface area (Å²) in [6.45, 7) is 9.77. The number of hydrogen-bond acceptors (Lipinski definition) is 3. The van der Waals surface area contributed by atoms with E-state index in [1.807, 2.05) is 65.0 Å². The molecule has 0 fully saturated rings. The van der Waals surface area contributed by atoms with E-state index in [2.05, 4.69) is 5.32 Å². The summed E-state index contributed by atoms with van der Waals surface area (Å²) in [5.74, 6) is 0.211. The van der Waals surface area contributed by atoms with Crippen molar-refractivity contribution in [3.05, 3.63) is 58.1 Å². The van der Waals surface area contributed by atoms with Gasteiger partial charge in [-0.05, 0) is 62.9 Å². The van der Waals surface area contributed by atoms with Crippen molar-refractivity contribution in [1.29, 1.82) is 0 Å². The second kappa shape index (κ2) is 8.71. The Balaban J connectivity index is 1.92. The Bertz CT molecular complexity index is 836. The third-order valence-electron chi connectivity index (χ3n) is 4.65. The molecular weight excluding hydrogens is 340 g/mol. The van der Waals surface area contributed by atoms with Crippen LogP contribution in [0, 0.1) is 34.6 Å². The predicted molar refractivity (Wildman–Crippen MR) is 108 cm³/mol. The molecule has 2 aromatic carbocycles. The molecule has 0 heterocycles. The van der Waals surface area contributed by atoms with Gasteiger partial charge in [0.25, 0.3) is 5.91 Å². The van der Waals surface area contributed by atoms with Gasteiger partial charge in [0.15, 0.2) is 6.61 Å². The maximum atomic E-state index is 12.3. The summed E-state index contributed by atoms with van der Waals surface area (Å²) in [6, 6.07) is 9.78. The molecule has 0 aliphatic carbocycles. The fourth-order valence-corrected chi connectivity index (χ4v) is 2.99. The van der Waals surface area contributed by atoms with Crippen molar-refractivity contribution < 1.29 is 14.3 Å². The molecule has 2 aromatic rings. The van der Waals surface area contributed by atoms with Crippen molar-refractivity contribution in [3.63, 3.8) is 0 Å². The number of carbonyl (C=O) groups excluding carboxylic acids is 2. The van der Waals surface area contributed by atoms with Crippen molar-refractivity contribution in [2.24, 2.45) is 0 Å². The quantitative estimate of drug-likeness (QED) is 0.846. The zero-order valence-electron chi connectivity index (χ0n) is 17.0. The summed E-state index contributed by atoms with van der Waals surface area (Å²) in [4.78, 5) is 26.0. The van der Waals surface area contributed by atoms with Gasteiger partial charge in [0.05, 0.1) is 6.54 Å². The first-order valence-corrected chi connectivity index (χ1v) is 8.99. The van der Waals surface area contributed by atoms with Crippen LogP contribution in [0.25, 0.3) is 0 Å². The minimum atomic E-state index is -0.247. The summed E-state index contributed by atoms with van der Waals surface area (Å²) in [5.41, 5.74) is 6.09. The minimum Gasteiger partial charge on any atom is -0.483 e. The molecule has 0 spiro atoms. The molecule has 0 aliphatic rings. The lowest BCUT2D eigenvalue weighted by Gasteiger charge is -2.19. The van der Waals surface area contributed by atoms with E-state index in [4.69, 9.17) is 4.74 Å². The van der Waals surface area contributed by atoms with Gasteiger partial charge in [-0.3, -0.25) is 9.59 Å². The number of hydrogen-bond donors (Lipinski definition) is 1. The average Bonchev–Trinajstić information content (AvgIpc) is 2.59. The van der Waals surface area contributed by atoms with Crippen molar-refractivity contribution >= 4 is 17.5 Å². The fourth-order valence-electron chi connectivity index (χ4n) is 2.99. The van der Waals surface area contributed by atoms with E-state index in [0.29, 0.717) is 5.75 Å². The Morgan fingerprint density at radius 3 is 2.26 bits per heavy atom. The number of aryl methyl sites for hydroxylation is 4. The summed E-state index contributed by atoms with van der Waals surface area (Å²) >= 11 is 0. The van der Waals surface area contributed by atoms with Crippen molar-refractivity contribution in [3.8, 4) is 5.75 Å². The summed E-state index contributed by atoms with van der Waals surface area (Å²) in [5, 5.41) is 2.91. The van der Waals surface area contributed by atoms with Crippen LogP contribution in [0.2, 0.25) is 0 Å². The third kappa shape index (κ3) is 5.33. The molecule has 2 amide bonds. The Kier molecular flexibility index (Phi) is 6.61. The zero-order valence-corrected chi connectivity index (χ0v) is 17.0. The average molecular weight is 368 g/mol. The second-order valence-electron chi connectivity index (χ2n) is 7.06. The lowest BCUT2D eigenvalue weighted by Crippen LogP contribution is -2.37. The summed E-state index contributed by atoms with van der Waals surface area (Å²) in [6.07, 6.45) is 0. The number of likely N-dealkylation sites (N-methyl/N-ethyl adjacent to an activating group) is 1. The van der Waals surface area contributed by atoms with Crippen LogP contribution in [0.4, 0.5) is 5.69 Å². The van der Waals surface area contributed by atoms with Gasteiger partial charge < -0.3 is 15.0 Å². The smallest absolute Gasteiger partial charge is 0.260 e. The summed E-state index contributed by atoms with van der Waals surface area (Å²) < 4.78 is 5.63. The first-order valence-electron chi connectivity index (χ1n) is 8.99. The SMILES string of the molecule is Cc1cc(C)c(NC(=O)CN(C)C(=O)COc2cccc(C)c2C)c(C)c1. The van der Waals surface area contributed by atoms with Crippen LogP contribution < -0.4 is 10.1 Å². The second-order valence-corrected chi connectivity index (χ2v) is 7.06. The molecule has 2 rings (SSSR count). The molecule has 5 nitrogen and oxygen atoms in total. The highest BCUT2D eigenvalue weighted by atomic mass is 16.5. The van der Waals surface area contributed by atoms with Crippen LogP contribution >= 0.6 is 0 Å². The Morgan fingerprint density at radius 1 is 1.00 bits per heavy atom. The molecule has 0 bridgehead atoms. The molecule has 1 N–H and O–H groups in total. The first kappa shape index (κ1) is 20.5. The lowest BCUT2D eigenvalue weighted by molar-refractivity contribution is -0.135. The maximum absolute atomic E-state index is 12.3. The molecule has 0 atom stereocenters. The molecule has 0 saturated carbocycles. The van der Waals surface area contributed by atoms with Gasteiger partial charge in [-0.1, -0.05) is 29.8 Å². The molecule has 5 heteroatoms. The van der Waals surface area contributed by atoms with Gasteiger partial charge in [-0.15, -0.1) is 0 Å². The topological polar surface area (TPSA) is 58.6 Å². The number of nitrogens with one attached hydrogen (secondary N) is 1. The van der Waals surface area contributed by atoms with E-state index in [1.54, 1.807) is 7.05 Å². The largest absolute Gasteiger partial charge is 0.483 e. The standard InChI is InChI=1S/C22H28N2O3/c1-14-10-16(3)22(17(4)11-14)23-20(25)12-24(6)21(26)13-27-19-9-7-8-15(2)18(19)5/h7-11H,12-13H2,1-6H3,(H,23,25). The van der Waals surface area contributed by atoms with Crippen molar-refractivity contribution in [2.75, 3.05) is 25.5 Å². The molecular formula is C22H28N2O3. The molecule has 0 aromatic heterocycles. The van der Waals surface area contributed by atoms with Gasteiger partial charge in [0.2, 0.25) is 5.91 Å². The van der Waals surface area contributed by atoms with Gasteiger partial charge in [-0.25, -0.2) is 0 Å². The number of amides is 2. The number of rotatable bonds is 6. The van der Waals surface area contributed by atoms with E-state index in [1.165, 1.54) is 4.90 Å². The van der Waals surface area contributed by atoms with Crippen LogP contribution in [-0.2, 0) is 9.59 Å². The summed E-state index contributed by atoms with van der Waals surface area (Å²) in [7, 11) is 1.60. The highest BCUT2D eigenvalue weighted by molar-refractivity contribution is 5.95. The van der Waals surface area contributed by atoms with Gasteiger partial charge >= 0.3 is 0 Å². The number of nitrogens with zero attached hydrogens (tertiary/aromatic N) is 1. The number of benzene rings is 2. The van der Waals surface area contributed by atoms with E-state index < -0.39 is 0 Å². The molecule has 0 aliphatic heterocycles. The van der Waals surface area contributed by atoms with E-state index in [9.17, 15) is 9.59 Å².